The molecular formula is C33H39F3N4O6. The number of esters is 1. The van der Waals surface area contributed by atoms with Gasteiger partial charge in [0.25, 0.3) is 0 Å². The number of halogens is 3. The molecule has 0 aliphatic carbocycles. The van der Waals surface area contributed by atoms with Gasteiger partial charge in [0.1, 0.15) is 41.5 Å². The van der Waals surface area contributed by atoms with Crippen molar-refractivity contribution >= 4 is 23.7 Å². The molecule has 46 heavy (non-hydrogen) atoms. The molecule has 2 amide bonds. The zero-order valence-electron chi connectivity index (χ0n) is 26.8. The number of nitrogens with zero attached hydrogens (tertiary/aromatic N) is 4. The number of ether oxygens (including phenoxy) is 3. The van der Waals surface area contributed by atoms with Crippen LogP contribution in [0.4, 0.5) is 23.7 Å². The highest BCUT2D eigenvalue weighted by molar-refractivity contribution is 5.98. The highest BCUT2D eigenvalue weighted by atomic mass is 19.4. The van der Waals surface area contributed by atoms with Crippen molar-refractivity contribution < 1.29 is 41.8 Å². The van der Waals surface area contributed by atoms with Crippen LogP contribution in [0.1, 0.15) is 64.9 Å². The summed E-state index contributed by atoms with van der Waals surface area (Å²) in [5.41, 5.74) is -0.612. The second kappa shape index (κ2) is 13.4. The Morgan fingerprint density at radius 2 is 1.59 bits per heavy atom. The molecule has 13 heteroatoms. The van der Waals surface area contributed by atoms with E-state index in [4.69, 9.17) is 14.2 Å². The van der Waals surface area contributed by atoms with Crippen molar-refractivity contribution in [2.24, 2.45) is 0 Å². The number of carbonyl (C=O) groups excluding carboxylic acids is 3. The third-order valence-corrected chi connectivity index (χ3v) is 6.67. The summed E-state index contributed by atoms with van der Waals surface area (Å²) in [7, 11) is 0. The van der Waals surface area contributed by atoms with Crippen molar-refractivity contribution in [3.63, 3.8) is 0 Å². The first kappa shape index (κ1) is 34.3. The smallest absolute Gasteiger partial charge is 0.433 e. The molecule has 0 bridgehead atoms. The van der Waals surface area contributed by atoms with Gasteiger partial charge in [-0.3, -0.25) is 14.5 Å². The van der Waals surface area contributed by atoms with E-state index in [9.17, 15) is 27.6 Å². The van der Waals surface area contributed by atoms with Gasteiger partial charge in [0.15, 0.2) is 0 Å². The van der Waals surface area contributed by atoms with E-state index in [1.165, 1.54) is 17.0 Å². The number of amides is 2. The summed E-state index contributed by atoms with van der Waals surface area (Å²) < 4.78 is 58.6. The summed E-state index contributed by atoms with van der Waals surface area (Å²) >= 11 is 0. The van der Waals surface area contributed by atoms with Crippen LogP contribution in [0.2, 0.25) is 0 Å². The Labute approximate surface area is 266 Å². The molecule has 0 atom stereocenters. The molecule has 1 aliphatic rings. The van der Waals surface area contributed by atoms with Crippen molar-refractivity contribution in [3.05, 3.63) is 71.5 Å². The maximum Gasteiger partial charge on any atom is 0.433 e. The number of rotatable bonds is 9. The van der Waals surface area contributed by atoms with Crippen LogP contribution in [0.5, 0.6) is 5.75 Å². The van der Waals surface area contributed by atoms with Gasteiger partial charge in [-0.25, -0.2) is 9.48 Å². The highest BCUT2D eigenvalue weighted by Gasteiger charge is 2.36. The number of anilines is 1. The summed E-state index contributed by atoms with van der Waals surface area (Å²) in [5.74, 6) is -0.466. The summed E-state index contributed by atoms with van der Waals surface area (Å²) in [6, 6.07) is 14.0. The molecule has 2 aromatic carbocycles. The first-order valence-corrected chi connectivity index (χ1v) is 14.9. The molecule has 2 heterocycles. The van der Waals surface area contributed by atoms with Gasteiger partial charge in [0, 0.05) is 18.8 Å². The average molecular weight is 645 g/mol. The van der Waals surface area contributed by atoms with E-state index in [-0.39, 0.29) is 43.4 Å². The zero-order valence-corrected chi connectivity index (χ0v) is 26.8. The lowest BCUT2D eigenvalue weighted by Crippen LogP contribution is -2.45. The van der Waals surface area contributed by atoms with E-state index in [0.717, 1.165) is 16.3 Å². The van der Waals surface area contributed by atoms with Gasteiger partial charge in [-0.2, -0.15) is 18.3 Å². The predicted octanol–water partition coefficient (Wildman–Crippen LogP) is 6.33. The molecule has 0 spiro atoms. The molecule has 0 saturated heterocycles. The second-order valence-electron chi connectivity index (χ2n) is 12.9. The molecule has 3 aromatic rings. The fourth-order valence-corrected chi connectivity index (χ4v) is 4.78. The average Bonchev–Trinajstić information content (AvgIpc) is 3.57. The minimum atomic E-state index is -4.61. The molecule has 248 valence electrons. The van der Waals surface area contributed by atoms with Crippen LogP contribution >= 0.6 is 0 Å². The molecule has 0 unspecified atom stereocenters. The number of aromatic nitrogens is 2. The van der Waals surface area contributed by atoms with Crippen molar-refractivity contribution in [2.45, 2.75) is 78.4 Å². The highest BCUT2D eigenvalue weighted by Crippen LogP contribution is 2.34. The molecule has 10 nitrogen and oxygen atoms in total. The number of carbonyl (C=O) groups is 3. The normalized spacial score (nSPS) is 13.3. The third kappa shape index (κ3) is 9.24. The first-order valence-electron chi connectivity index (χ1n) is 14.9. The Morgan fingerprint density at radius 1 is 0.913 bits per heavy atom. The van der Waals surface area contributed by atoms with Gasteiger partial charge in [0.05, 0.1) is 12.1 Å². The van der Waals surface area contributed by atoms with E-state index in [1.807, 2.05) is 0 Å². The topological polar surface area (TPSA) is 103 Å². The number of hydrogen-bond donors (Lipinski definition) is 0. The Bertz CT molecular complexity index is 1560. The monoisotopic (exact) mass is 644 g/mol. The van der Waals surface area contributed by atoms with Crippen LogP contribution in [0, 0.1) is 0 Å². The first-order chi connectivity index (χ1) is 21.4. The maximum absolute atomic E-state index is 13.7. The van der Waals surface area contributed by atoms with Crippen LogP contribution in [-0.4, -0.2) is 63.5 Å². The molecule has 1 aromatic heterocycles. The molecule has 4 rings (SSSR count). The van der Waals surface area contributed by atoms with Gasteiger partial charge in [0.2, 0.25) is 5.91 Å². The van der Waals surface area contributed by atoms with E-state index >= 15 is 0 Å². The number of benzene rings is 2. The SMILES string of the molecule is CC(C)(C)OC(=O)CCN(CC(=O)N1CCc2cc(OCc3cc(C(F)(F)F)n(-c4ccccc4)n3)ccc21)C(=O)OC(C)(C)C. The van der Waals surface area contributed by atoms with Crippen molar-refractivity contribution in [1.82, 2.24) is 14.7 Å². The van der Waals surface area contributed by atoms with Crippen molar-refractivity contribution in [2.75, 3.05) is 24.5 Å². The van der Waals surface area contributed by atoms with E-state index in [0.29, 0.717) is 24.4 Å². The van der Waals surface area contributed by atoms with Crippen LogP contribution < -0.4 is 9.64 Å². The van der Waals surface area contributed by atoms with Crippen molar-refractivity contribution in [1.29, 1.82) is 0 Å². The lowest BCUT2D eigenvalue weighted by molar-refractivity contribution is -0.155. The summed E-state index contributed by atoms with van der Waals surface area (Å²) in [5, 5.41) is 4.12. The molecule has 0 saturated carbocycles. The zero-order chi connectivity index (χ0) is 33.9. The Balaban J connectivity index is 1.43. The Morgan fingerprint density at radius 3 is 2.22 bits per heavy atom. The largest absolute Gasteiger partial charge is 0.487 e. The van der Waals surface area contributed by atoms with Gasteiger partial charge in [-0.05, 0) is 89.9 Å². The lowest BCUT2D eigenvalue weighted by atomic mass is 10.1. The lowest BCUT2D eigenvalue weighted by Gasteiger charge is -2.29. The van der Waals surface area contributed by atoms with Crippen molar-refractivity contribution in [3.8, 4) is 11.4 Å². The maximum atomic E-state index is 13.7. The molecule has 0 radical (unpaired) electrons. The van der Waals surface area contributed by atoms with Gasteiger partial charge >= 0.3 is 18.2 Å². The summed E-state index contributed by atoms with van der Waals surface area (Å²) in [6.07, 6.45) is -4.95. The van der Waals surface area contributed by atoms with Gasteiger partial charge < -0.3 is 19.1 Å². The standard InChI is InChI=1S/C33H39F3N4O6/c1-31(2,3)45-29(42)15-16-38(30(43)46-32(4,5)6)20-28(41)39-17-14-22-18-25(12-13-26(22)39)44-21-23-19-27(33(34,35)36)40(37-23)24-10-8-7-9-11-24/h7-13,18-19H,14-17,20-21H2,1-6H3. The number of fused-ring (bicyclic) bond motifs is 1. The minimum Gasteiger partial charge on any atom is -0.487 e. The van der Waals surface area contributed by atoms with E-state index in [1.54, 1.807) is 82.8 Å². The second-order valence-corrected chi connectivity index (χ2v) is 12.9. The molecular weight excluding hydrogens is 605 g/mol. The molecule has 0 fully saturated rings. The van der Waals surface area contributed by atoms with Crippen LogP contribution in [0.25, 0.3) is 5.69 Å². The fourth-order valence-electron chi connectivity index (χ4n) is 4.78. The third-order valence-electron chi connectivity index (χ3n) is 6.67. The van der Waals surface area contributed by atoms with Crippen LogP contribution in [0.15, 0.2) is 54.6 Å². The molecule has 1 aliphatic heterocycles. The number of hydrogen-bond acceptors (Lipinski definition) is 7. The van der Waals surface area contributed by atoms with Gasteiger partial charge in [-0.15, -0.1) is 0 Å². The Kier molecular flexibility index (Phi) is 10.0. The fraction of sp³-hybridized carbons (Fsp3) is 0.455. The van der Waals surface area contributed by atoms with Crippen LogP contribution in [0.3, 0.4) is 0 Å². The molecule has 0 N–H and O–H groups in total. The number of alkyl halides is 3. The summed E-state index contributed by atoms with van der Waals surface area (Å²) in [4.78, 5) is 41.4. The quantitative estimate of drug-likeness (QED) is 0.251. The summed E-state index contributed by atoms with van der Waals surface area (Å²) in [6.45, 7) is 10.1. The minimum absolute atomic E-state index is 0.0703. The number of para-hydroxylation sites is 1. The van der Waals surface area contributed by atoms with E-state index in [2.05, 4.69) is 5.10 Å². The van der Waals surface area contributed by atoms with E-state index < -0.39 is 35.1 Å². The van der Waals surface area contributed by atoms with Crippen LogP contribution in [-0.2, 0) is 38.3 Å². The Hall–Kier alpha value is -4.55. The van der Waals surface area contributed by atoms with Gasteiger partial charge in [-0.1, -0.05) is 18.2 Å². The predicted molar refractivity (Wildman–Crippen MR) is 164 cm³/mol.